The van der Waals surface area contributed by atoms with Gasteiger partial charge in [-0.2, -0.15) is 0 Å². The smallest absolute Gasteiger partial charge is 0.0537 e. The Hall–Kier alpha value is -3.58. The monoisotopic (exact) mass is 387 g/mol. The molecule has 5 aromatic rings. The van der Waals surface area contributed by atoms with Crippen LogP contribution in [0.25, 0.3) is 49.8 Å². The van der Waals surface area contributed by atoms with Gasteiger partial charge >= 0.3 is 0 Å². The molecule has 1 nitrogen and oxygen atoms in total. The van der Waals surface area contributed by atoms with Gasteiger partial charge in [-0.25, -0.2) is 0 Å². The first kappa shape index (κ1) is 18.4. The summed E-state index contributed by atoms with van der Waals surface area (Å²) < 4.78 is 2.25. The summed E-state index contributed by atoms with van der Waals surface area (Å²) in [4.78, 5) is 0. The minimum Gasteiger partial charge on any atom is -0.314 e. The normalized spacial score (nSPS) is 11.3. The molecule has 1 heteroatoms. The molecule has 0 bridgehead atoms. The second-order valence-corrected chi connectivity index (χ2v) is 8.16. The highest BCUT2D eigenvalue weighted by Crippen LogP contribution is 2.36. The Bertz CT molecular complexity index is 1430. The largest absolute Gasteiger partial charge is 0.314 e. The van der Waals surface area contributed by atoms with Gasteiger partial charge in [0.15, 0.2) is 0 Å². The third-order valence-electron chi connectivity index (χ3n) is 6.06. The van der Waals surface area contributed by atoms with E-state index in [0.29, 0.717) is 0 Å². The summed E-state index contributed by atoms with van der Waals surface area (Å²) in [5, 5.41) is 2.53. The van der Waals surface area contributed by atoms with Crippen molar-refractivity contribution in [1.82, 2.24) is 4.57 Å². The summed E-state index contributed by atoms with van der Waals surface area (Å²) in [5.74, 6) is 0. The minimum atomic E-state index is 1.03. The number of nitrogens with zero attached hydrogens (tertiary/aromatic N) is 1. The molecule has 0 aliphatic carbocycles. The number of benzene rings is 4. The molecule has 30 heavy (non-hydrogen) atoms. The Morgan fingerprint density at radius 1 is 0.633 bits per heavy atom. The van der Waals surface area contributed by atoms with Gasteiger partial charge in [0, 0.05) is 16.5 Å². The average molecular weight is 388 g/mol. The standard InChI is InChI=1S/C29H25N/c1-19(2)30-28-12-8-7-11-25(28)27-18-23(15-16-29(27)30)22-14-13-21(4)26(17-22)24-10-6-5-9-20(24)3/h5-18H,1H2,2-4H3. The fourth-order valence-corrected chi connectivity index (χ4v) is 4.53. The van der Waals surface area contributed by atoms with Gasteiger partial charge in [-0.15, -0.1) is 0 Å². The Balaban J connectivity index is 1.73. The van der Waals surface area contributed by atoms with Gasteiger partial charge in [0.2, 0.25) is 0 Å². The molecule has 1 heterocycles. The number of hydrogen-bond donors (Lipinski definition) is 0. The predicted octanol–water partition coefficient (Wildman–Crippen LogP) is 8.24. The molecular weight excluding hydrogens is 362 g/mol. The summed E-state index contributed by atoms with van der Waals surface area (Å²) in [6, 6.07) is 30.8. The summed E-state index contributed by atoms with van der Waals surface area (Å²) in [5.41, 5.74) is 11.1. The van der Waals surface area contributed by atoms with Crippen molar-refractivity contribution in [2.24, 2.45) is 0 Å². The maximum absolute atomic E-state index is 4.20. The molecule has 0 amide bonds. The van der Waals surface area contributed by atoms with E-state index in [2.05, 4.69) is 117 Å². The highest BCUT2D eigenvalue weighted by Gasteiger charge is 2.13. The van der Waals surface area contributed by atoms with Gasteiger partial charge in [-0.1, -0.05) is 67.2 Å². The van der Waals surface area contributed by atoms with Gasteiger partial charge in [-0.3, -0.25) is 0 Å². The molecular formula is C29H25N. The molecule has 0 spiro atoms. The number of fused-ring (bicyclic) bond motifs is 3. The van der Waals surface area contributed by atoms with E-state index < -0.39 is 0 Å². The molecule has 0 N–H and O–H groups in total. The first-order chi connectivity index (χ1) is 14.5. The van der Waals surface area contributed by atoms with Crippen molar-refractivity contribution in [1.29, 1.82) is 0 Å². The van der Waals surface area contributed by atoms with Crippen LogP contribution in [-0.2, 0) is 0 Å². The Morgan fingerprint density at radius 2 is 1.27 bits per heavy atom. The van der Waals surface area contributed by atoms with Gasteiger partial charge in [0.1, 0.15) is 0 Å². The van der Waals surface area contributed by atoms with Crippen LogP contribution in [0.2, 0.25) is 0 Å². The number of hydrogen-bond acceptors (Lipinski definition) is 0. The molecule has 4 aromatic carbocycles. The van der Waals surface area contributed by atoms with Gasteiger partial charge in [-0.05, 0) is 78.4 Å². The van der Waals surface area contributed by atoms with Crippen LogP contribution in [0.1, 0.15) is 18.1 Å². The second-order valence-electron chi connectivity index (χ2n) is 8.16. The lowest BCUT2D eigenvalue weighted by molar-refractivity contribution is 1.21. The zero-order valence-corrected chi connectivity index (χ0v) is 17.7. The second kappa shape index (κ2) is 7.03. The molecule has 0 radical (unpaired) electrons. The van der Waals surface area contributed by atoms with Crippen molar-refractivity contribution >= 4 is 27.5 Å². The maximum Gasteiger partial charge on any atom is 0.0537 e. The molecule has 5 rings (SSSR count). The summed E-state index contributed by atoms with van der Waals surface area (Å²) >= 11 is 0. The molecule has 0 saturated carbocycles. The fourth-order valence-electron chi connectivity index (χ4n) is 4.53. The van der Waals surface area contributed by atoms with Crippen LogP contribution < -0.4 is 0 Å². The first-order valence-electron chi connectivity index (χ1n) is 10.4. The molecule has 0 unspecified atom stereocenters. The SMILES string of the molecule is C=C(C)n1c2ccccc2c2cc(-c3ccc(C)c(-c4ccccc4C)c3)ccc21. The van der Waals surface area contributed by atoms with Crippen molar-refractivity contribution in [3.8, 4) is 22.3 Å². The Labute approximate surface area is 177 Å². The zero-order valence-electron chi connectivity index (χ0n) is 17.7. The third kappa shape index (κ3) is 2.86. The van der Waals surface area contributed by atoms with Crippen LogP contribution in [0.5, 0.6) is 0 Å². The number of para-hydroxylation sites is 1. The van der Waals surface area contributed by atoms with E-state index in [1.54, 1.807) is 0 Å². The molecule has 0 aliphatic rings. The number of rotatable bonds is 3. The fraction of sp³-hybridized carbons (Fsp3) is 0.103. The van der Waals surface area contributed by atoms with E-state index in [1.807, 2.05) is 0 Å². The third-order valence-corrected chi connectivity index (χ3v) is 6.06. The number of aromatic nitrogens is 1. The van der Waals surface area contributed by atoms with Crippen molar-refractivity contribution < 1.29 is 0 Å². The Morgan fingerprint density at radius 3 is 2.07 bits per heavy atom. The Kier molecular flexibility index (Phi) is 4.33. The lowest BCUT2D eigenvalue weighted by Gasteiger charge is -2.12. The number of aryl methyl sites for hydroxylation is 2. The van der Waals surface area contributed by atoms with Crippen LogP contribution in [0, 0.1) is 13.8 Å². The average Bonchev–Trinajstić information content (AvgIpc) is 3.09. The highest BCUT2D eigenvalue weighted by molar-refractivity contribution is 6.11. The van der Waals surface area contributed by atoms with Crippen LogP contribution in [0.3, 0.4) is 0 Å². The van der Waals surface area contributed by atoms with Crippen molar-refractivity contribution in [2.75, 3.05) is 0 Å². The van der Waals surface area contributed by atoms with E-state index >= 15 is 0 Å². The van der Waals surface area contributed by atoms with Crippen LogP contribution in [0.15, 0.2) is 91.5 Å². The topological polar surface area (TPSA) is 4.93 Å². The minimum absolute atomic E-state index is 1.03. The summed E-state index contributed by atoms with van der Waals surface area (Å²) in [6.07, 6.45) is 0. The van der Waals surface area contributed by atoms with Crippen molar-refractivity contribution in [3.05, 3.63) is 103 Å². The molecule has 0 saturated heterocycles. The molecule has 146 valence electrons. The van der Waals surface area contributed by atoms with E-state index in [-0.39, 0.29) is 0 Å². The van der Waals surface area contributed by atoms with E-state index in [0.717, 1.165) is 5.70 Å². The summed E-state index contributed by atoms with van der Waals surface area (Å²) in [6.45, 7) is 10.6. The quantitative estimate of drug-likeness (QED) is 0.294. The van der Waals surface area contributed by atoms with Gasteiger partial charge in [0.25, 0.3) is 0 Å². The van der Waals surface area contributed by atoms with Crippen LogP contribution in [-0.4, -0.2) is 4.57 Å². The van der Waals surface area contributed by atoms with Crippen molar-refractivity contribution in [2.45, 2.75) is 20.8 Å². The summed E-state index contributed by atoms with van der Waals surface area (Å²) in [7, 11) is 0. The zero-order chi connectivity index (χ0) is 20.8. The first-order valence-corrected chi connectivity index (χ1v) is 10.4. The van der Waals surface area contributed by atoms with Gasteiger partial charge in [0.05, 0.1) is 11.0 Å². The molecule has 0 fully saturated rings. The predicted molar refractivity (Wildman–Crippen MR) is 131 cm³/mol. The van der Waals surface area contributed by atoms with Crippen LogP contribution in [0.4, 0.5) is 0 Å². The highest BCUT2D eigenvalue weighted by atomic mass is 15.0. The van der Waals surface area contributed by atoms with Gasteiger partial charge < -0.3 is 4.57 Å². The molecule has 0 aliphatic heterocycles. The molecule has 1 aromatic heterocycles. The van der Waals surface area contributed by atoms with Crippen molar-refractivity contribution in [3.63, 3.8) is 0 Å². The number of allylic oxidation sites excluding steroid dienone is 1. The lowest BCUT2D eigenvalue weighted by atomic mass is 9.92. The van der Waals surface area contributed by atoms with E-state index in [1.165, 1.54) is 55.2 Å². The lowest BCUT2D eigenvalue weighted by Crippen LogP contribution is -1.91. The van der Waals surface area contributed by atoms with Crippen LogP contribution >= 0.6 is 0 Å². The van der Waals surface area contributed by atoms with E-state index in [4.69, 9.17) is 0 Å². The van der Waals surface area contributed by atoms with E-state index in [9.17, 15) is 0 Å². The molecule has 0 atom stereocenters. The maximum atomic E-state index is 4.20.